The highest BCUT2D eigenvalue weighted by Gasteiger charge is 2.15. The van der Waals surface area contributed by atoms with Crippen molar-refractivity contribution in [2.75, 3.05) is 33.8 Å². The Morgan fingerprint density at radius 2 is 2.00 bits per heavy atom. The van der Waals surface area contributed by atoms with Gasteiger partial charge in [0.15, 0.2) is 0 Å². The zero-order chi connectivity index (χ0) is 10.5. The van der Waals surface area contributed by atoms with Crippen molar-refractivity contribution < 1.29 is 28.3 Å². The minimum absolute atomic E-state index is 0.0790. The Morgan fingerprint density at radius 3 is 2.38 bits per heavy atom. The first-order chi connectivity index (χ1) is 5.83. The summed E-state index contributed by atoms with van der Waals surface area (Å²) in [6, 6.07) is 0. The molecule has 0 saturated carbocycles. The van der Waals surface area contributed by atoms with E-state index in [1.165, 1.54) is 0 Å². The SMILES string of the molecule is C[N+](C)(CCOC(=O)F)CC(=O)[O-]. The number of carbonyl (C=O) groups excluding carboxylic acids is 2. The summed E-state index contributed by atoms with van der Waals surface area (Å²) in [6.45, 7) is -0.122. The van der Waals surface area contributed by atoms with Gasteiger partial charge in [-0.05, 0) is 0 Å². The molecule has 0 atom stereocenters. The van der Waals surface area contributed by atoms with Crippen LogP contribution in [0, 0.1) is 0 Å². The lowest BCUT2D eigenvalue weighted by atomic mass is 10.4. The van der Waals surface area contributed by atoms with Crippen LogP contribution in [0.4, 0.5) is 9.18 Å². The molecule has 0 aliphatic carbocycles. The summed E-state index contributed by atoms with van der Waals surface area (Å²) in [5, 5.41) is 10.2. The van der Waals surface area contributed by atoms with Crippen LogP contribution in [0.25, 0.3) is 0 Å². The lowest BCUT2D eigenvalue weighted by molar-refractivity contribution is -0.884. The molecule has 0 fully saturated rings. The molecule has 0 spiro atoms. The van der Waals surface area contributed by atoms with Crippen molar-refractivity contribution in [1.82, 2.24) is 0 Å². The summed E-state index contributed by atoms with van der Waals surface area (Å²) in [6.07, 6.45) is -1.85. The number of halogens is 1. The predicted molar refractivity (Wildman–Crippen MR) is 39.3 cm³/mol. The third-order valence-corrected chi connectivity index (χ3v) is 1.47. The van der Waals surface area contributed by atoms with E-state index >= 15 is 0 Å². The monoisotopic (exact) mass is 193 g/mol. The minimum atomic E-state index is -1.85. The number of aliphatic carboxylic acids is 1. The maximum atomic E-state index is 11.5. The highest BCUT2D eigenvalue weighted by atomic mass is 19.1. The number of hydrogen-bond donors (Lipinski definition) is 0. The van der Waals surface area contributed by atoms with Gasteiger partial charge in [0.1, 0.15) is 19.7 Å². The fraction of sp³-hybridized carbons (Fsp3) is 0.714. The summed E-state index contributed by atoms with van der Waals surface area (Å²) in [5.74, 6) is -1.20. The van der Waals surface area contributed by atoms with Gasteiger partial charge in [-0.2, -0.15) is 0 Å². The Kier molecular flexibility index (Phi) is 4.33. The molecule has 0 N–H and O–H groups in total. The number of quaternary nitrogens is 1. The van der Waals surface area contributed by atoms with Crippen molar-refractivity contribution in [1.29, 1.82) is 0 Å². The number of carboxylic acids is 1. The van der Waals surface area contributed by atoms with E-state index in [4.69, 9.17) is 0 Å². The minimum Gasteiger partial charge on any atom is -0.544 e. The lowest BCUT2D eigenvalue weighted by Gasteiger charge is -2.29. The molecule has 0 rings (SSSR count). The number of carbonyl (C=O) groups is 2. The highest BCUT2D eigenvalue weighted by Crippen LogP contribution is 1.96. The van der Waals surface area contributed by atoms with Gasteiger partial charge in [-0.1, -0.05) is 0 Å². The zero-order valence-electron chi connectivity index (χ0n) is 7.58. The van der Waals surface area contributed by atoms with E-state index in [1.807, 2.05) is 0 Å². The van der Waals surface area contributed by atoms with Crippen LogP contribution in [0.3, 0.4) is 0 Å². The van der Waals surface area contributed by atoms with Crippen molar-refractivity contribution >= 4 is 12.2 Å². The van der Waals surface area contributed by atoms with Gasteiger partial charge in [-0.25, -0.2) is 4.79 Å². The predicted octanol–water partition coefficient (Wildman–Crippen LogP) is -1.08. The molecule has 0 aromatic rings. The summed E-state index contributed by atoms with van der Waals surface area (Å²) in [5.41, 5.74) is 0. The molecule has 0 amide bonds. The van der Waals surface area contributed by atoms with Gasteiger partial charge >= 0.3 is 6.22 Å². The van der Waals surface area contributed by atoms with E-state index in [0.29, 0.717) is 0 Å². The van der Waals surface area contributed by atoms with Gasteiger partial charge < -0.3 is 19.1 Å². The van der Waals surface area contributed by atoms with Gasteiger partial charge in [0.25, 0.3) is 0 Å². The van der Waals surface area contributed by atoms with E-state index < -0.39 is 12.2 Å². The molecule has 0 saturated heterocycles. The van der Waals surface area contributed by atoms with Gasteiger partial charge in [-0.15, -0.1) is 4.39 Å². The van der Waals surface area contributed by atoms with Crippen LogP contribution in [0.1, 0.15) is 0 Å². The fourth-order valence-electron chi connectivity index (χ4n) is 0.802. The third kappa shape index (κ3) is 7.20. The number of hydrogen-bond acceptors (Lipinski definition) is 4. The molecule has 13 heavy (non-hydrogen) atoms. The molecule has 0 unspecified atom stereocenters. The molecule has 0 aromatic heterocycles. The summed E-state index contributed by atoms with van der Waals surface area (Å²) < 4.78 is 15.6. The van der Waals surface area contributed by atoms with Crippen LogP contribution in [-0.4, -0.2) is 50.5 Å². The molecular weight excluding hydrogens is 181 g/mol. The van der Waals surface area contributed by atoms with Crippen LogP contribution in [0.15, 0.2) is 0 Å². The van der Waals surface area contributed by atoms with E-state index in [1.54, 1.807) is 14.1 Å². The molecule has 5 nitrogen and oxygen atoms in total. The Morgan fingerprint density at radius 1 is 1.46 bits per heavy atom. The Bertz CT molecular complexity index is 205. The van der Waals surface area contributed by atoms with E-state index in [-0.39, 0.29) is 24.2 Å². The first kappa shape index (κ1) is 11.8. The number of nitrogens with zero attached hydrogens (tertiary/aromatic N) is 1. The smallest absolute Gasteiger partial charge is 0.495 e. The van der Waals surface area contributed by atoms with Crippen molar-refractivity contribution in [3.05, 3.63) is 0 Å². The van der Waals surface area contributed by atoms with Crippen LogP contribution < -0.4 is 5.11 Å². The third-order valence-electron chi connectivity index (χ3n) is 1.47. The van der Waals surface area contributed by atoms with Crippen LogP contribution in [-0.2, 0) is 9.53 Å². The molecular formula is C7H12FNO4. The number of ether oxygens (including phenoxy) is 1. The summed E-state index contributed by atoms with van der Waals surface area (Å²) in [4.78, 5) is 19.9. The average molecular weight is 193 g/mol. The molecule has 76 valence electrons. The van der Waals surface area contributed by atoms with Crippen LogP contribution >= 0.6 is 0 Å². The fourth-order valence-corrected chi connectivity index (χ4v) is 0.802. The number of carboxylic acid groups (broad SMARTS) is 1. The van der Waals surface area contributed by atoms with Crippen LogP contribution in [0.2, 0.25) is 0 Å². The second kappa shape index (κ2) is 4.76. The average Bonchev–Trinajstić information content (AvgIpc) is 1.81. The normalized spacial score (nSPS) is 11.0. The largest absolute Gasteiger partial charge is 0.544 e. The zero-order valence-corrected chi connectivity index (χ0v) is 7.58. The molecule has 0 aromatic carbocycles. The Hall–Kier alpha value is -1.17. The van der Waals surface area contributed by atoms with Gasteiger partial charge in [-0.3, -0.25) is 0 Å². The number of rotatable bonds is 5. The van der Waals surface area contributed by atoms with Crippen LogP contribution in [0.5, 0.6) is 0 Å². The lowest BCUT2D eigenvalue weighted by Crippen LogP contribution is -2.49. The van der Waals surface area contributed by atoms with Gasteiger partial charge in [0, 0.05) is 0 Å². The van der Waals surface area contributed by atoms with Crippen molar-refractivity contribution in [3.63, 3.8) is 0 Å². The molecule has 0 bridgehead atoms. The van der Waals surface area contributed by atoms with Crippen molar-refractivity contribution in [3.8, 4) is 0 Å². The maximum Gasteiger partial charge on any atom is 0.495 e. The molecule has 0 aliphatic heterocycles. The van der Waals surface area contributed by atoms with Gasteiger partial charge in [0.2, 0.25) is 0 Å². The maximum absolute atomic E-state index is 11.5. The summed E-state index contributed by atoms with van der Waals surface area (Å²) >= 11 is 0. The molecule has 0 aliphatic rings. The number of likely N-dealkylation sites (N-methyl/N-ethyl adjacent to an activating group) is 1. The van der Waals surface area contributed by atoms with Crippen molar-refractivity contribution in [2.45, 2.75) is 0 Å². The van der Waals surface area contributed by atoms with E-state index in [2.05, 4.69) is 4.74 Å². The first-order valence-electron chi connectivity index (χ1n) is 3.67. The molecule has 6 heteroatoms. The standard InChI is InChI=1S/C7H12FNO4/c1-9(2,5-6(10)11)3-4-13-7(8)12/h3-5H2,1-2H3. The quantitative estimate of drug-likeness (QED) is 0.411. The Labute approximate surface area is 75.3 Å². The summed E-state index contributed by atoms with van der Waals surface area (Å²) in [7, 11) is 3.23. The van der Waals surface area contributed by atoms with E-state index in [0.717, 1.165) is 0 Å². The second-order valence-electron chi connectivity index (χ2n) is 3.28. The Balaban J connectivity index is 3.75. The molecule has 0 heterocycles. The second-order valence-corrected chi connectivity index (χ2v) is 3.28. The first-order valence-corrected chi connectivity index (χ1v) is 3.67. The molecule has 0 radical (unpaired) electrons. The topological polar surface area (TPSA) is 66.4 Å². The van der Waals surface area contributed by atoms with Gasteiger partial charge in [0.05, 0.1) is 20.1 Å². The highest BCUT2D eigenvalue weighted by molar-refractivity contribution is 5.65. The van der Waals surface area contributed by atoms with E-state index in [9.17, 15) is 19.1 Å². The van der Waals surface area contributed by atoms with Crippen molar-refractivity contribution in [2.24, 2.45) is 0 Å².